The fourth-order valence-corrected chi connectivity index (χ4v) is 5.05. The van der Waals surface area contributed by atoms with E-state index in [2.05, 4.69) is 43.4 Å². The highest BCUT2D eigenvalue weighted by Crippen LogP contribution is 2.34. The molecule has 0 bridgehead atoms. The monoisotopic (exact) mass is 700 g/mol. The standard InChI is InChI=1S/C27H21ClF3IN4O3S/c1-38-23-10-17(9-22(32)25(23)39-14-16-5-7-19(28)8-6-16)13-33-36-24(37)12-21-15-40-26(35-21)34-20-4-2-3-18(11-20)27(29,30)31/h2-11,13,15H,12,14H2,1H3,(H,34,35)(H,36,37)/b33-13-. The third-order valence-corrected chi connectivity index (χ3v) is 7.15. The summed E-state index contributed by atoms with van der Waals surface area (Å²) in [5, 5.41) is 9.50. The van der Waals surface area contributed by atoms with Crippen LogP contribution in [0.3, 0.4) is 0 Å². The van der Waals surface area contributed by atoms with Gasteiger partial charge in [0.1, 0.15) is 6.61 Å². The number of nitrogens with one attached hydrogen (secondary N) is 2. The second-order valence-electron chi connectivity index (χ2n) is 8.27. The van der Waals surface area contributed by atoms with Gasteiger partial charge in [-0.1, -0.05) is 29.8 Å². The van der Waals surface area contributed by atoms with Crippen molar-refractivity contribution in [2.24, 2.45) is 5.10 Å². The van der Waals surface area contributed by atoms with Crippen LogP contribution < -0.4 is 20.2 Å². The topological polar surface area (TPSA) is 84.8 Å². The highest BCUT2D eigenvalue weighted by Gasteiger charge is 2.30. The number of rotatable bonds is 10. The van der Waals surface area contributed by atoms with E-state index < -0.39 is 17.6 Å². The molecule has 4 aromatic rings. The first-order chi connectivity index (χ1) is 19.1. The summed E-state index contributed by atoms with van der Waals surface area (Å²) in [5.41, 5.74) is 4.02. The highest BCUT2D eigenvalue weighted by molar-refractivity contribution is 14.1. The average molecular weight is 701 g/mol. The van der Waals surface area contributed by atoms with Gasteiger partial charge < -0.3 is 14.8 Å². The lowest BCUT2D eigenvalue weighted by molar-refractivity contribution is -0.137. The first-order valence-corrected chi connectivity index (χ1v) is 13.9. The molecule has 1 amide bonds. The molecule has 4 rings (SSSR count). The van der Waals surface area contributed by atoms with Crippen molar-refractivity contribution in [3.8, 4) is 11.5 Å². The van der Waals surface area contributed by atoms with Crippen molar-refractivity contribution in [2.75, 3.05) is 12.4 Å². The number of hydrazone groups is 1. The Bertz CT molecular complexity index is 1510. The molecule has 0 aliphatic rings. The fourth-order valence-electron chi connectivity index (χ4n) is 3.42. The van der Waals surface area contributed by atoms with Crippen LogP contribution in [0.4, 0.5) is 24.0 Å². The highest BCUT2D eigenvalue weighted by atomic mass is 127. The van der Waals surface area contributed by atoms with Gasteiger partial charge in [-0.05, 0) is 76.2 Å². The van der Waals surface area contributed by atoms with E-state index >= 15 is 0 Å². The summed E-state index contributed by atoms with van der Waals surface area (Å²) in [4.78, 5) is 16.6. The summed E-state index contributed by atoms with van der Waals surface area (Å²) in [6.45, 7) is 0.334. The van der Waals surface area contributed by atoms with Gasteiger partial charge in [0.05, 0.1) is 34.6 Å². The lowest BCUT2D eigenvalue weighted by atomic mass is 10.2. The number of carbonyl (C=O) groups is 1. The second kappa shape index (κ2) is 13.3. The van der Waals surface area contributed by atoms with Gasteiger partial charge in [-0.2, -0.15) is 18.3 Å². The first kappa shape index (κ1) is 29.6. The molecule has 0 saturated heterocycles. The summed E-state index contributed by atoms with van der Waals surface area (Å²) in [6.07, 6.45) is -3.02. The Kier molecular flexibility index (Phi) is 9.87. The maximum absolute atomic E-state index is 12.9. The number of carbonyl (C=O) groups excluding carboxylic acids is 1. The number of thiazole rings is 1. The fraction of sp³-hybridized carbons (Fsp3) is 0.148. The Morgan fingerprint density at radius 3 is 2.67 bits per heavy atom. The average Bonchev–Trinajstić information content (AvgIpc) is 3.34. The second-order valence-corrected chi connectivity index (χ2v) is 10.7. The molecule has 0 unspecified atom stereocenters. The van der Waals surface area contributed by atoms with E-state index in [1.54, 1.807) is 23.6 Å². The molecule has 1 heterocycles. The summed E-state index contributed by atoms with van der Waals surface area (Å²) < 4.78 is 51.0. The van der Waals surface area contributed by atoms with Crippen LogP contribution in [0, 0.1) is 3.57 Å². The van der Waals surface area contributed by atoms with Gasteiger partial charge in [0.15, 0.2) is 16.6 Å². The number of hydrogen-bond acceptors (Lipinski definition) is 7. The Balaban J connectivity index is 1.32. The third-order valence-electron chi connectivity index (χ3n) is 5.29. The maximum atomic E-state index is 12.9. The van der Waals surface area contributed by atoms with E-state index in [0.717, 1.165) is 21.3 Å². The lowest BCUT2D eigenvalue weighted by Gasteiger charge is -2.13. The number of hydrogen-bond donors (Lipinski definition) is 2. The third kappa shape index (κ3) is 8.32. The van der Waals surface area contributed by atoms with Crippen LogP contribution in [-0.4, -0.2) is 24.2 Å². The van der Waals surface area contributed by atoms with Crippen molar-refractivity contribution in [1.29, 1.82) is 0 Å². The van der Waals surface area contributed by atoms with E-state index in [4.69, 9.17) is 21.1 Å². The zero-order valence-corrected chi connectivity index (χ0v) is 24.5. The largest absolute Gasteiger partial charge is 0.493 e. The van der Waals surface area contributed by atoms with Gasteiger partial charge in [0.2, 0.25) is 5.91 Å². The molecule has 0 radical (unpaired) electrons. The molecule has 0 atom stereocenters. The van der Waals surface area contributed by atoms with E-state index in [0.29, 0.717) is 39.5 Å². The van der Waals surface area contributed by atoms with Crippen molar-refractivity contribution in [3.05, 3.63) is 97.0 Å². The van der Waals surface area contributed by atoms with Crippen molar-refractivity contribution in [2.45, 2.75) is 19.2 Å². The minimum Gasteiger partial charge on any atom is -0.493 e. The number of halogens is 5. The van der Waals surface area contributed by atoms with E-state index in [1.807, 2.05) is 18.2 Å². The summed E-state index contributed by atoms with van der Waals surface area (Å²) in [6, 6.07) is 15.7. The SMILES string of the molecule is COc1cc(/C=N\NC(=O)Cc2csc(Nc3cccc(C(F)(F)F)c3)n2)cc(I)c1OCc1ccc(Cl)cc1. The van der Waals surface area contributed by atoms with Crippen LogP contribution in [0.15, 0.2) is 71.1 Å². The van der Waals surface area contributed by atoms with Crippen molar-refractivity contribution in [3.63, 3.8) is 0 Å². The molecule has 0 aliphatic carbocycles. The normalized spacial score (nSPS) is 11.4. The minimum atomic E-state index is -4.44. The van der Waals surface area contributed by atoms with Crippen LogP contribution >= 0.6 is 45.5 Å². The van der Waals surface area contributed by atoms with Gasteiger partial charge >= 0.3 is 6.18 Å². The van der Waals surface area contributed by atoms with Crippen LogP contribution in [-0.2, 0) is 24.0 Å². The minimum absolute atomic E-state index is 0.0591. The molecule has 0 aliphatic heterocycles. The summed E-state index contributed by atoms with van der Waals surface area (Å²) >= 11 is 9.24. The van der Waals surface area contributed by atoms with Crippen LogP contribution in [0.5, 0.6) is 11.5 Å². The number of nitrogens with zero attached hydrogens (tertiary/aromatic N) is 2. The molecular formula is C27H21ClF3IN4O3S. The van der Waals surface area contributed by atoms with Gasteiger partial charge in [-0.15, -0.1) is 11.3 Å². The number of anilines is 2. The molecule has 0 fully saturated rings. The smallest absolute Gasteiger partial charge is 0.416 e. The number of ether oxygens (including phenoxy) is 2. The molecular weight excluding hydrogens is 680 g/mol. The zero-order chi connectivity index (χ0) is 28.7. The van der Waals surface area contributed by atoms with Crippen LogP contribution in [0.25, 0.3) is 0 Å². The van der Waals surface area contributed by atoms with Crippen molar-refractivity contribution in [1.82, 2.24) is 10.4 Å². The number of aromatic nitrogens is 1. The van der Waals surface area contributed by atoms with E-state index in [9.17, 15) is 18.0 Å². The van der Waals surface area contributed by atoms with Gasteiger partial charge in [-0.25, -0.2) is 10.4 Å². The van der Waals surface area contributed by atoms with Gasteiger partial charge in [-0.3, -0.25) is 4.79 Å². The molecule has 0 saturated carbocycles. The Morgan fingerprint density at radius 1 is 1.18 bits per heavy atom. The van der Waals surface area contributed by atoms with Crippen LogP contribution in [0.1, 0.15) is 22.4 Å². The lowest BCUT2D eigenvalue weighted by Crippen LogP contribution is -2.20. The van der Waals surface area contributed by atoms with Gasteiger partial charge in [0.25, 0.3) is 0 Å². The number of methoxy groups -OCH3 is 1. The number of amides is 1. The predicted molar refractivity (Wildman–Crippen MR) is 158 cm³/mol. The maximum Gasteiger partial charge on any atom is 0.416 e. The molecule has 208 valence electrons. The Labute approximate surface area is 250 Å². The first-order valence-electron chi connectivity index (χ1n) is 11.6. The van der Waals surface area contributed by atoms with E-state index in [-0.39, 0.29) is 12.1 Å². The molecule has 13 heteroatoms. The van der Waals surface area contributed by atoms with E-state index in [1.165, 1.54) is 36.8 Å². The van der Waals surface area contributed by atoms with Gasteiger partial charge in [0, 0.05) is 16.1 Å². The molecule has 40 heavy (non-hydrogen) atoms. The van der Waals surface area contributed by atoms with Crippen LogP contribution in [0.2, 0.25) is 5.02 Å². The molecule has 1 aromatic heterocycles. The Morgan fingerprint density at radius 2 is 1.95 bits per heavy atom. The van der Waals surface area contributed by atoms with Crippen molar-refractivity contribution < 1.29 is 27.4 Å². The predicted octanol–water partition coefficient (Wildman–Crippen LogP) is 7.44. The molecule has 0 spiro atoms. The number of benzene rings is 3. The van der Waals surface area contributed by atoms with Crippen molar-refractivity contribution >= 4 is 68.5 Å². The number of alkyl halides is 3. The molecule has 2 N–H and O–H groups in total. The summed E-state index contributed by atoms with van der Waals surface area (Å²) in [5.74, 6) is 0.686. The zero-order valence-electron chi connectivity index (χ0n) is 20.8. The molecule has 7 nitrogen and oxygen atoms in total. The quantitative estimate of drug-likeness (QED) is 0.102. The summed E-state index contributed by atoms with van der Waals surface area (Å²) in [7, 11) is 1.53. The Hall–Kier alpha value is -3.36. The molecule has 3 aromatic carbocycles.